The van der Waals surface area contributed by atoms with Gasteiger partial charge in [-0.05, 0) is 22.3 Å². The first-order valence-electron chi connectivity index (χ1n) is 10.3. The molecule has 0 unspecified atom stereocenters. The van der Waals surface area contributed by atoms with Gasteiger partial charge in [-0.3, -0.25) is 14.6 Å². The van der Waals surface area contributed by atoms with Crippen LogP contribution in [0.2, 0.25) is 0 Å². The number of nitrogens with zero attached hydrogens (tertiary/aromatic N) is 1. The summed E-state index contributed by atoms with van der Waals surface area (Å²) in [7, 11) is 0. The molecule has 0 aliphatic rings. The molecule has 4 rings (SSSR count). The number of carbonyl (C=O) groups excluding carboxylic acids is 1. The van der Waals surface area contributed by atoms with E-state index in [0.29, 0.717) is 0 Å². The molecule has 1 amide bonds. The summed E-state index contributed by atoms with van der Waals surface area (Å²) >= 11 is 0. The number of hydrogen-bond acceptors (Lipinski definition) is 5. The van der Waals surface area contributed by atoms with Gasteiger partial charge >= 0.3 is 11.2 Å². The molecule has 4 aromatic rings. The number of H-pyrrole nitrogens is 1. The molecule has 0 radical (unpaired) electrons. The molecule has 4 N–H and O–H groups in total. The fourth-order valence-corrected chi connectivity index (χ4v) is 3.37. The third-order valence-corrected chi connectivity index (χ3v) is 5.13. The lowest BCUT2D eigenvalue weighted by atomic mass is 10.0. The number of aromatic nitrogens is 2. The lowest BCUT2D eigenvalue weighted by Crippen LogP contribution is -2.41. The SMILES string of the molecule is O=C(NCc1ccc(-c2ccccc2)cc1)c1c(NCc2ccccc2)[nH]c(=O)n(O)c1=O. The number of carbonyl (C=O) groups is 1. The minimum Gasteiger partial charge on any atom is -0.421 e. The average molecular weight is 442 g/mol. The standard InChI is InChI=1S/C25H22N4O4/c30-23(27-16-18-11-13-20(14-12-18)19-9-5-2-6-10-19)21-22(28-25(32)29(33)24(21)31)26-15-17-7-3-1-4-8-17/h1-14,26,33H,15-16H2,(H,27,30)(H,28,32). The van der Waals surface area contributed by atoms with Gasteiger partial charge in [-0.15, -0.1) is 0 Å². The van der Waals surface area contributed by atoms with E-state index in [0.717, 1.165) is 22.3 Å². The van der Waals surface area contributed by atoms with Gasteiger partial charge in [0.25, 0.3) is 5.91 Å². The predicted molar refractivity (Wildman–Crippen MR) is 125 cm³/mol. The van der Waals surface area contributed by atoms with Gasteiger partial charge in [0.05, 0.1) is 0 Å². The highest BCUT2D eigenvalue weighted by Gasteiger charge is 2.20. The van der Waals surface area contributed by atoms with Crippen LogP contribution in [-0.2, 0) is 13.1 Å². The topological polar surface area (TPSA) is 116 Å². The lowest BCUT2D eigenvalue weighted by molar-refractivity contribution is 0.0940. The van der Waals surface area contributed by atoms with E-state index in [1.807, 2.05) is 84.9 Å². The highest BCUT2D eigenvalue weighted by molar-refractivity contribution is 5.98. The Morgan fingerprint density at radius 3 is 2.03 bits per heavy atom. The molecular formula is C25H22N4O4. The third-order valence-electron chi connectivity index (χ3n) is 5.13. The smallest absolute Gasteiger partial charge is 0.363 e. The van der Waals surface area contributed by atoms with Crippen molar-refractivity contribution in [1.29, 1.82) is 0 Å². The van der Waals surface area contributed by atoms with E-state index in [-0.39, 0.29) is 29.2 Å². The largest absolute Gasteiger partial charge is 0.421 e. The van der Waals surface area contributed by atoms with Crippen LogP contribution in [0.4, 0.5) is 5.82 Å². The lowest BCUT2D eigenvalue weighted by Gasteiger charge is -2.12. The molecule has 0 aliphatic carbocycles. The number of nitrogens with one attached hydrogen (secondary N) is 3. The van der Waals surface area contributed by atoms with Gasteiger partial charge in [0.2, 0.25) is 0 Å². The van der Waals surface area contributed by atoms with Crippen LogP contribution in [-0.4, -0.2) is 20.8 Å². The average Bonchev–Trinajstić information content (AvgIpc) is 2.86. The molecule has 0 saturated heterocycles. The van der Waals surface area contributed by atoms with Crippen LogP contribution in [0.15, 0.2) is 94.5 Å². The maximum Gasteiger partial charge on any atom is 0.363 e. The monoisotopic (exact) mass is 442 g/mol. The number of anilines is 1. The first-order chi connectivity index (χ1) is 16.0. The van der Waals surface area contributed by atoms with Gasteiger partial charge < -0.3 is 15.8 Å². The molecule has 1 heterocycles. The molecule has 0 spiro atoms. The molecule has 166 valence electrons. The van der Waals surface area contributed by atoms with Crippen molar-refractivity contribution in [2.45, 2.75) is 13.1 Å². The maximum absolute atomic E-state index is 12.8. The summed E-state index contributed by atoms with van der Waals surface area (Å²) < 4.78 is -0.114. The predicted octanol–water partition coefficient (Wildman–Crippen LogP) is 2.98. The normalized spacial score (nSPS) is 10.5. The minimum atomic E-state index is -1.11. The zero-order valence-corrected chi connectivity index (χ0v) is 17.6. The van der Waals surface area contributed by atoms with Gasteiger partial charge in [0.1, 0.15) is 11.4 Å². The van der Waals surface area contributed by atoms with E-state index in [9.17, 15) is 19.6 Å². The van der Waals surface area contributed by atoms with E-state index < -0.39 is 17.2 Å². The van der Waals surface area contributed by atoms with Crippen molar-refractivity contribution < 1.29 is 10.0 Å². The molecule has 33 heavy (non-hydrogen) atoms. The molecule has 1 aromatic heterocycles. The van der Waals surface area contributed by atoms with Crippen molar-refractivity contribution in [2.24, 2.45) is 0 Å². The maximum atomic E-state index is 12.8. The van der Waals surface area contributed by atoms with Crippen LogP contribution in [0.3, 0.4) is 0 Å². The Labute approximate surface area is 189 Å². The fourth-order valence-electron chi connectivity index (χ4n) is 3.37. The van der Waals surface area contributed by atoms with E-state index >= 15 is 0 Å². The van der Waals surface area contributed by atoms with Crippen LogP contribution in [0.5, 0.6) is 0 Å². The molecule has 0 bridgehead atoms. The molecule has 0 aliphatic heterocycles. The Balaban J connectivity index is 1.50. The summed E-state index contributed by atoms with van der Waals surface area (Å²) in [6.45, 7) is 0.433. The molecule has 3 aromatic carbocycles. The molecule has 0 fully saturated rings. The third kappa shape index (κ3) is 5.01. The Morgan fingerprint density at radius 1 is 0.788 bits per heavy atom. The van der Waals surface area contributed by atoms with E-state index in [1.165, 1.54) is 0 Å². The number of aromatic amines is 1. The van der Waals surface area contributed by atoms with Crippen molar-refractivity contribution in [3.05, 3.63) is 122 Å². The highest BCUT2D eigenvalue weighted by Crippen LogP contribution is 2.19. The van der Waals surface area contributed by atoms with Crippen LogP contribution < -0.4 is 21.9 Å². The summed E-state index contributed by atoms with van der Waals surface area (Å²) in [6.07, 6.45) is 0. The van der Waals surface area contributed by atoms with E-state index in [1.54, 1.807) is 0 Å². The van der Waals surface area contributed by atoms with Crippen molar-refractivity contribution in [3.8, 4) is 11.1 Å². The van der Waals surface area contributed by atoms with E-state index in [2.05, 4.69) is 15.6 Å². The summed E-state index contributed by atoms with van der Waals surface area (Å²) in [5.41, 5.74) is 1.32. The van der Waals surface area contributed by atoms with Crippen LogP contribution >= 0.6 is 0 Å². The van der Waals surface area contributed by atoms with Crippen molar-refractivity contribution in [3.63, 3.8) is 0 Å². The van der Waals surface area contributed by atoms with Gasteiger partial charge in [0, 0.05) is 13.1 Å². The second-order valence-electron chi connectivity index (χ2n) is 7.38. The van der Waals surface area contributed by atoms with Crippen LogP contribution in [0.25, 0.3) is 11.1 Å². The van der Waals surface area contributed by atoms with Crippen molar-refractivity contribution in [2.75, 3.05) is 5.32 Å². The number of amides is 1. The second kappa shape index (κ2) is 9.69. The number of rotatable bonds is 7. The molecule has 0 atom stereocenters. The molecule has 0 saturated carbocycles. The van der Waals surface area contributed by atoms with Crippen LogP contribution in [0.1, 0.15) is 21.5 Å². The van der Waals surface area contributed by atoms with E-state index in [4.69, 9.17) is 0 Å². The number of hydrogen-bond donors (Lipinski definition) is 4. The second-order valence-corrected chi connectivity index (χ2v) is 7.38. The Bertz CT molecular complexity index is 1360. The zero-order chi connectivity index (χ0) is 23.2. The summed E-state index contributed by atoms with van der Waals surface area (Å²) in [5.74, 6) is -0.780. The van der Waals surface area contributed by atoms with Gasteiger partial charge in [-0.2, -0.15) is 0 Å². The Kier molecular flexibility index (Phi) is 6.36. The molecule has 8 nitrogen and oxygen atoms in total. The summed E-state index contributed by atoms with van der Waals surface area (Å²) in [5, 5.41) is 15.3. The summed E-state index contributed by atoms with van der Waals surface area (Å²) in [6, 6.07) is 26.8. The van der Waals surface area contributed by atoms with Gasteiger partial charge in [-0.25, -0.2) is 4.79 Å². The first kappa shape index (κ1) is 21.6. The van der Waals surface area contributed by atoms with Crippen molar-refractivity contribution >= 4 is 11.7 Å². The van der Waals surface area contributed by atoms with Crippen LogP contribution in [0, 0.1) is 0 Å². The van der Waals surface area contributed by atoms with Crippen molar-refractivity contribution in [1.82, 2.24) is 15.0 Å². The molecular weight excluding hydrogens is 420 g/mol. The Hall–Kier alpha value is -4.59. The fraction of sp³-hybridized carbons (Fsp3) is 0.0800. The van der Waals surface area contributed by atoms with Gasteiger partial charge in [0.15, 0.2) is 0 Å². The minimum absolute atomic E-state index is 0.0592. The number of benzene rings is 3. The summed E-state index contributed by atoms with van der Waals surface area (Å²) in [4.78, 5) is 39.5. The van der Waals surface area contributed by atoms with Gasteiger partial charge in [-0.1, -0.05) is 89.7 Å². The quantitative estimate of drug-likeness (QED) is 0.329. The zero-order valence-electron chi connectivity index (χ0n) is 17.6. The highest BCUT2D eigenvalue weighted by atomic mass is 16.5. The Morgan fingerprint density at radius 2 is 1.36 bits per heavy atom. The first-order valence-corrected chi connectivity index (χ1v) is 10.3. The molecule has 8 heteroatoms.